The number of hydrogen-bond acceptors (Lipinski definition) is 7. The minimum absolute atomic E-state index is 0.128. The Kier molecular flexibility index (Phi) is 7.06. The molecule has 3 fully saturated rings. The number of benzene rings is 1. The standard InChI is InChI=1S/C23H32F3N5O2/c24-23(25,26)14-3-4-17(20(32)10-14)21(27)18-12-33-13-19(18)22(28)30-15-2-1-9-31(11-15)16-5-7-29-8-6-16/h3-4,10,15-16,29-30,32H,1-2,5-9,11-13,27-28H2/b21-18-,22-19+. The molecule has 0 saturated carbocycles. The van der Waals surface area contributed by atoms with E-state index in [0.29, 0.717) is 29.1 Å². The summed E-state index contributed by atoms with van der Waals surface area (Å²) >= 11 is 0. The lowest BCUT2D eigenvalue weighted by molar-refractivity contribution is -0.137. The van der Waals surface area contributed by atoms with Gasteiger partial charge in [-0.25, -0.2) is 0 Å². The summed E-state index contributed by atoms with van der Waals surface area (Å²) < 4.78 is 44.3. The van der Waals surface area contributed by atoms with E-state index >= 15 is 0 Å². The second-order valence-corrected chi connectivity index (χ2v) is 8.97. The van der Waals surface area contributed by atoms with Gasteiger partial charge >= 0.3 is 6.18 Å². The van der Waals surface area contributed by atoms with Crippen molar-refractivity contribution in [2.24, 2.45) is 11.5 Å². The molecule has 0 spiro atoms. The molecule has 3 heterocycles. The van der Waals surface area contributed by atoms with Crippen molar-refractivity contribution in [3.8, 4) is 5.75 Å². The summed E-state index contributed by atoms with van der Waals surface area (Å²) in [6.07, 6.45) is -0.153. The van der Waals surface area contributed by atoms with Crippen molar-refractivity contribution in [1.29, 1.82) is 0 Å². The highest BCUT2D eigenvalue weighted by Gasteiger charge is 2.32. The lowest BCUT2D eigenvalue weighted by Gasteiger charge is -2.40. The van der Waals surface area contributed by atoms with Crippen LogP contribution in [-0.2, 0) is 10.9 Å². The van der Waals surface area contributed by atoms with Crippen LogP contribution < -0.4 is 22.1 Å². The molecule has 0 amide bonds. The second kappa shape index (κ2) is 9.82. The van der Waals surface area contributed by atoms with E-state index in [4.69, 9.17) is 16.2 Å². The summed E-state index contributed by atoms with van der Waals surface area (Å²) in [6, 6.07) is 3.55. The lowest BCUT2D eigenvalue weighted by Crippen LogP contribution is -2.52. The minimum atomic E-state index is -4.55. The Labute approximate surface area is 191 Å². The Morgan fingerprint density at radius 3 is 2.55 bits per heavy atom. The Balaban J connectivity index is 1.51. The number of rotatable bonds is 4. The third kappa shape index (κ3) is 5.39. The summed E-state index contributed by atoms with van der Waals surface area (Å²) in [7, 11) is 0. The number of ether oxygens (including phenoxy) is 1. The van der Waals surface area contributed by atoms with Crippen molar-refractivity contribution in [2.45, 2.75) is 43.9 Å². The molecule has 4 rings (SSSR count). The van der Waals surface area contributed by atoms with E-state index in [2.05, 4.69) is 15.5 Å². The highest BCUT2D eigenvalue weighted by Crippen LogP contribution is 2.36. The minimum Gasteiger partial charge on any atom is -0.507 e. The van der Waals surface area contributed by atoms with Crippen LogP contribution in [0.3, 0.4) is 0 Å². The van der Waals surface area contributed by atoms with E-state index in [0.717, 1.165) is 57.9 Å². The molecule has 7 nitrogen and oxygen atoms in total. The molecular formula is C23H32F3N5O2. The Hall–Kier alpha value is -2.43. The summed E-state index contributed by atoms with van der Waals surface area (Å²) in [5, 5.41) is 17.0. The fourth-order valence-electron chi connectivity index (χ4n) is 4.94. The van der Waals surface area contributed by atoms with Gasteiger partial charge in [-0.3, -0.25) is 4.90 Å². The lowest BCUT2D eigenvalue weighted by atomic mass is 9.98. The van der Waals surface area contributed by atoms with Gasteiger partial charge in [0, 0.05) is 41.0 Å². The van der Waals surface area contributed by atoms with Gasteiger partial charge < -0.3 is 31.9 Å². The number of alkyl halides is 3. The zero-order valence-corrected chi connectivity index (χ0v) is 18.5. The zero-order valence-electron chi connectivity index (χ0n) is 18.5. The van der Waals surface area contributed by atoms with Crippen LogP contribution in [0.5, 0.6) is 5.75 Å². The molecular weight excluding hydrogens is 435 g/mol. The molecule has 0 aliphatic carbocycles. The number of likely N-dealkylation sites (tertiary alicyclic amines) is 1. The molecule has 0 aromatic heterocycles. The van der Waals surface area contributed by atoms with Crippen molar-refractivity contribution in [3.63, 3.8) is 0 Å². The molecule has 3 saturated heterocycles. The summed E-state index contributed by atoms with van der Waals surface area (Å²) in [5.41, 5.74) is 13.3. The van der Waals surface area contributed by atoms with Crippen LogP contribution in [0.15, 0.2) is 35.2 Å². The Bertz CT molecular complexity index is 925. The van der Waals surface area contributed by atoms with Crippen molar-refractivity contribution in [3.05, 3.63) is 46.3 Å². The number of aromatic hydroxyl groups is 1. The smallest absolute Gasteiger partial charge is 0.416 e. The Morgan fingerprint density at radius 2 is 1.85 bits per heavy atom. The van der Waals surface area contributed by atoms with Gasteiger partial charge in [-0.2, -0.15) is 13.2 Å². The third-order valence-corrected chi connectivity index (χ3v) is 6.76. The number of phenolic OH excluding ortho intramolecular Hbond substituents is 1. The fourth-order valence-corrected chi connectivity index (χ4v) is 4.94. The average Bonchev–Trinajstić information content (AvgIpc) is 3.29. The van der Waals surface area contributed by atoms with Crippen molar-refractivity contribution in [1.82, 2.24) is 15.5 Å². The Morgan fingerprint density at radius 1 is 1.12 bits per heavy atom. The normalized spacial score (nSPS) is 26.3. The number of nitrogens with two attached hydrogens (primary N) is 2. The molecule has 7 N–H and O–H groups in total. The molecule has 10 heteroatoms. The number of nitrogens with zero attached hydrogens (tertiary/aromatic N) is 1. The second-order valence-electron chi connectivity index (χ2n) is 8.97. The average molecular weight is 468 g/mol. The monoisotopic (exact) mass is 467 g/mol. The molecule has 3 aliphatic rings. The van der Waals surface area contributed by atoms with Crippen molar-refractivity contribution in [2.75, 3.05) is 39.4 Å². The first-order valence-electron chi connectivity index (χ1n) is 11.4. The maximum atomic E-state index is 12.9. The first-order chi connectivity index (χ1) is 15.7. The van der Waals surface area contributed by atoms with Gasteiger partial charge in [0.1, 0.15) is 11.6 Å². The van der Waals surface area contributed by atoms with Gasteiger partial charge in [0.2, 0.25) is 0 Å². The quantitative estimate of drug-likeness (QED) is 0.461. The van der Waals surface area contributed by atoms with Crippen molar-refractivity contribution < 1.29 is 23.0 Å². The first kappa shape index (κ1) is 23.7. The maximum Gasteiger partial charge on any atom is 0.416 e. The number of piperidine rings is 2. The SMILES string of the molecule is N/C(NC1CCCN(C2CCNCC2)C1)=C1/COC/C1=C(/N)c1ccc(C(F)(F)F)cc1O. The topological polar surface area (TPSA) is 109 Å². The molecule has 1 atom stereocenters. The highest BCUT2D eigenvalue weighted by atomic mass is 19.4. The summed E-state index contributed by atoms with van der Waals surface area (Å²) in [6.45, 7) is 4.53. The van der Waals surface area contributed by atoms with E-state index in [1.54, 1.807) is 0 Å². The first-order valence-corrected chi connectivity index (χ1v) is 11.4. The van der Waals surface area contributed by atoms with Crippen LogP contribution in [0.2, 0.25) is 0 Å². The molecule has 1 unspecified atom stereocenters. The molecule has 0 radical (unpaired) electrons. The van der Waals surface area contributed by atoms with Crippen LogP contribution in [0.1, 0.15) is 36.8 Å². The number of halogens is 3. The molecule has 33 heavy (non-hydrogen) atoms. The maximum absolute atomic E-state index is 12.9. The molecule has 1 aromatic rings. The van der Waals surface area contributed by atoms with E-state index < -0.39 is 17.5 Å². The van der Waals surface area contributed by atoms with Crippen LogP contribution >= 0.6 is 0 Å². The molecule has 182 valence electrons. The van der Waals surface area contributed by atoms with E-state index in [9.17, 15) is 18.3 Å². The predicted molar refractivity (Wildman–Crippen MR) is 120 cm³/mol. The fraction of sp³-hybridized carbons (Fsp3) is 0.565. The van der Waals surface area contributed by atoms with Crippen molar-refractivity contribution >= 4 is 5.70 Å². The van der Waals surface area contributed by atoms with Crippen LogP contribution in [-0.4, -0.2) is 61.5 Å². The predicted octanol–water partition coefficient (Wildman–Crippen LogP) is 2.09. The van der Waals surface area contributed by atoms with E-state index in [1.165, 1.54) is 6.07 Å². The summed E-state index contributed by atoms with van der Waals surface area (Å²) in [4.78, 5) is 2.54. The van der Waals surface area contributed by atoms with Gasteiger partial charge in [-0.05, 0) is 63.5 Å². The van der Waals surface area contributed by atoms with Crippen LogP contribution in [0, 0.1) is 0 Å². The molecule has 3 aliphatic heterocycles. The molecule has 1 aromatic carbocycles. The van der Waals surface area contributed by atoms with Gasteiger partial charge in [0.25, 0.3) is 0 Å². The van der Waals surface area contributed by atoms with Gasteiger partial charge in [-0.15, -0.1) is 0 Å². The molecule has 0 bridgehead atoms. The van der Waals surface area contributed by atoms with Gasteiger partial charge in [0.05, 0.1) is 18.8 Å². The number of hydrogen-bond donors (Lipinski definition) is 5. The van der Waals surface area contributed by atoms with Crippen LogP contribution in [0.25, 0.3) is 5.70 Å². The number of nitrogens with one attached hydrogen (secondary N) is 2. The summed E-state index contributed by atoms with van der Waals surface area (Å²) in [5.74, 6) is -0.0634. The van der Waals surface area contributed by atoms with E-state index in [-0.39, 0.29) is 30.5 Å². The highest BCUT2D eigenvalue weighted by molar-refractivity contribution is 5.75. The number of phenols is 1. The zero-order chi connectivity index (χ0) is 23.6. The van der Waals surface area contributed by atoms with Gasteiger partial charge in [-0.1, -0.05) is 0 Å². The van der Waals surface area contributed by atoms with Crippen LogP contribution in [0.4, 0.5) is 13.2 Å². The van der Waals surface area contributed by atoms with Gasteiger partial charge in [0.15, 0.2) is 0 Å². The third-order valence-electron chi connectivity index (χ3n) is 6.76. The largest absolute Gasteiger partial charge is 0.507 e. The van der Waals surface area contributed by atoms with E-state index in [1.807, 2.05) is 0 Å².